The lowest BCUT2D eigenvalue weighted by atomic mass is 10.3. The number of rotatable bonds is 6. The number of nitrogens with one attached hydrogen (secondary N) is 2. The summed E-state index contributed by atoms with van der Waals surface area (Å²) in [6, 6.07) is 17.3. The van der Waals surface area contributed by atoms with E-state index in [9.17, 15) is 9.59 Å². The highest BCUT2D eigenvalue weighted by molar-refractivity contribution is 7.98. The van der Waals surface area contributed by atoms with Crippen molar-refractivity contribution in [3.05, 3.63) is 93.5 Å². The van der Waals surface area contributed by atoms with Crippen molar-refractivity contribution >= 4 is 46.4 Å². The van der Waals surface area contributed by atoms with Crippen LogP contribution in [-0.2, 0) is 5.75 Å². The SMILES string of the molecule is COc1ccc(Cl)cc1NC(=O)Nc1ccccc1SCc1cc(=O)n2cc(C)ccc2n1. The molecule has 0 aliphatic carbocycles. The van der Waals surface area contributed by atoms with Gasteiger partial charge in [0.05, 0.1) is 24.2 Å². The number of para-hydroxylation sites is 1. The van der Waals surface area contributed by atoms with Crippen LogP contribution in [0.5, 0.6) is 5.75 Å². The molecule has 2 amide bonds. The zero-order chi connectivity index (χ0) is 23.4. The number of carbonyl (C=O) groups excluding carboxylic acids is 1. The molecule has 2 aromatic heterocycles. The van der Waals surface area contributed by atoms with E-state index in [1.165, 1.54) is 29.3 Å². The highest BCUT2D eigenvalue weighted by Crippen LogP contribution is 2.31. The van der Waals surface area contributed by atoms with Crippen LogP contribution in [0.4, 0.5) is 16.2 Å². The van der Waals surface area contributed by atoms with Gasteiger partial charge in [-0.15, -0.1) is 11.8 Å². The zero-order valence-corrected chi connectivity index (χ0v) is 19.5. The number of anilines is 2. The molecule has 4 aromatic rings. The average molecular weight is 481 g/mol. The van der Waals surface area contributed by atoms with Crippen LogP contribution in [0.2, 0.25) is 5.02 Å². The molecule has 2 N–H and O–H groups in total. The fourth-order valence-corrected chi connectivity index (χ4v) is 4.31. The van der Waals surface area contributed by atoms with E-state index in [2.05, 4.69) is 15.6 Å². The fraction of sp³-hybridized carbons (Fsp3) is 0.125. The summed E-state index contributed by atoms with van der Waals surface area (Å²) in [6.07, 6.45) is 1.77. The summed E-state index contributed by atoms with van der Waals surface area (Å²) in [5.41, 5.74) is 3.22. The van der Waals surface area contributed by atoms with Crippen LogP contribution in [0.1, 0.15) is 11.3 Å². The number of nitrogens with zero attached hydrogens (tertiary/aromatic N) is 2. The second kappa shape index (κ2) is 9.97. The fourth-order valence-electron chi connectivity index (χ4n) is 3.23. The van der Waals surface area contributed by atoms with E-state index < -0.39 is 6.03 Å². The number of fused-ring (bicyclic) bond motifs is 1. The zero-order valence-electron chi connectivity index (χ0n) is 18.0. The molecule has 0 radical (unpaired) electrons. The number of pyridine rings is 1. The molecule has 0 saturated carbocycles. The molecule has 168 valence electrons. The van der Waals surface area contributed by atoms with Crippen LogP contribution in [0.15, 0.2) is 76.6 Å². The van der Waals surface area contributed by atoms with Crippen molar-refractivity contribution < 1.29 is 9.53 Å². The number of benzene rings is 2. The number of amides is 2. The summed E-state index contributed by atoms with van der Waals surface area (Å²) in [4.78, 5) is 30.5. The molecule has 9 heteroatoms. The van der Waals surface area contributed by atoms with Gasteiger partial charge in [-0.2, -0.15) is 0 Å². The number of aromatic nitrogens is 2. The third kappa shape index (κ3) is 5.47. The molecule has 0 fully saturated rings. The first-order valence-electron chi connectivity index (χ1n) is 10.1. The molecule has 2 aromatic carbocycles. The Morgan fingerprint density at radius 3 is 2.70 bits per heavy atom. The monoisotopic (exact) mass is 480 g/mol. The van der Waals surface area contributed by atoms with Crippen molar-refractivity contribution in [2.45, 2.75) is 17.6 Å². The minimum absolute atomic E-state index is 0.124. The van der Waals surface area contributed by atoms with Crippen LogP contribution < -0.4 is 20.9 Å². The van der Waals surface area contributed by atoms with Crippen molar-refractivity contribution in [1.29, 1.82) is 0 Å². The summed E-state index contributed by atoms with van der Waals surface area (Å²) >= 11 is 7.52. The molecule has 0 aliphatic rings. The first-order chi connectivity index (χ1) is 15.9. The second-order valence-electron chi connectivity index (χ2n) is 7.23. The number of thioether (sulfide) groups is 1. The van der Waals surface area contributed by atoms with Crippen LogP contribution >= 0.6 is 23.4 Å². The van der Waals surface area contributed by atoms with E-state index in [4.69, 9.17) is 16.3 Å². The summed E-state index contributed by atoms with van der Waals surface area (Å²) in [5.74, 6) is 0.975. The van der Waals surface area contributed by atoms with Crippen LogP contribution in [0.25, 0.3) is 5.65 Å². The number of halogens is 1. The molecular weight excluding hydrogens is 460 g/mol. The van der Waals surface area contributed by atoms with E-state index in [0.717, 1.165) is 10.5 Å². The number of carbonyl (C=O) groups is 1. The molecular formula is C24H21ClN4O3S. The van der Waals surface area contributed by atoms with E-state index in [1.54, 1.807) is 24.4 Å². The Morgan fingerprint density at radius 1 is 1.09 bits per heavy atom. The van der Waals surface area contributed by atoms with Gasteiger partial charge in [-0.3, -0.25) is 9.20 Å². The molecule has 0 unspecified atom stereocenters. The molecule has 33 heavy (non-hydrogen) atoms. The Hall–Kier alpha value is -3.49. The average Bonchev–Trinajstić information content (AvgIpc) is 2.79. The van der Waals surface area contributed by atoms with Crippen molar-refractivity contribution in [1.82, 2.24) is 9.38 Å². The largest absolute Gasteiger partial charge is 0.495 e. The van der Waals surface area contributed by atoms with Gasteiger partial charge in [0, 0.05) is 27.9 Å². The number of hydrogen-bond acceptors (Lipinski definition) is 5. The molecule has 0 atom stereocenters. The van der Waals surface area contributed by atoms with Crippen molar-refractivity contribution in [3.8, 4) is 5.75 Å². The quantitative estimate of drug-likeness (QED) is 0.351. The lowest BCUT2D eigenvalue weighted by molar-refractivity contribution is 0.262. The van der Waals surface area contributed by atoms with E-state index >= 15 is 0 Å². The Labute approximate surface area is 199 Å². The Bertz CT molecular complexity index is 1390. The number of hydrogen-bond donors (Lipinski definition) is 2. The van der Waals surface area contributed by atoms with Crippen LogP contribution in [0, 0.1) is 6.92 Å². The molecule has 0 bridgehead atoms. The number of aryl methyl sites for hydroxylation is 1. The summed E-state index contributed by atoms with van der Waals surface area (Å²) in [5, 5.41) is 6.10. The third-order valence-corrected chi connectivity index (χ3v) is 6.12. The highest BCUT2D eigenvalue weighted by atomic mass is 35.5. The predicted octanol–water partition coefficient (Wildman–Crippen LogP) is 5.60. The van der Waals surface area contributed by atoms with Crippen molar-refractivity contribution in [2.75, 3.05) is 17.7 Å². The normalized spacial score (nSPS) is 10.8. The van der Waals surface area contributed by atoms with E-state index in [0.29, 0.717) is 39.2 Å². The second-order valence-corrected chi connectivity index (χ2v) is 8.68. The van der Waals surface area contributed by atoms with Gasteiger partial charge in [0.2, 0.25) is 0 Å². The minimum atomic E-state index is -0.430. The lowest BCUT2D eigenvalue weighted by Gasteiger charge is -2.14. The molecule has 4 rings (SSSR count). The Kier molecular flexibility index (Phi) is 6.86. The summed E-state index contributed by atoms with van der Waals surface area (Å²) < 4.78 is 6.81. The molecule has 2 heterocycles. The summed E-state index contributed by atoms with van der Waals surface area (Å²) in [7, 11) is 1.52. The van der Waals surface area contributed by atoms with E-state index in [1.807, 2.05) is 43.3 Å². The lowest BCUT2D eigenvalue weighted by Crippen LogP contribution is -2.20. The maximum Gasteiger partial charge on any atom is 0.323 e. The molecule has 7 nitrogen and oxygen atoms in total. The predicted molar refractivity (Wildman–Crippen MR) is 133 cm³/mol. The van der Waals surface area contributed by atoms with Gasteiger partial charge in [-0.05, 0) is 48.9 Å². The highest BCUT2D eigenvalue weighted by Gasteiger charge is 2.12. The van der Waals surface area contributed by atoms with Gasteiger partial charge in [-0.1, -0.05) is 29.8 Å². The topological polar surface area (TPSA) is 84.7 Å². The smallest absolute Gasteiger partial charge is 0.323 e. The number of methoxy groups -OCH3 is 1. The first kappa shape index (κ1) is 22.7. The van der Waals surface area contributed by atoms with E-state index in [-0.39, 0.29) is 5.56 Å². The maximum atomic E-state index is 12.6. The van der Waals surface area contributed by atoms with Gasteiger partial charge in [0.25, 0.3) is 5.56 Å². The Balaban J connectivity index is 1.48. The van der Waals surface area contributed by atoms with Gasteiger partial charge in [0.15, 0.2) is 0 Å². The number of urea groups is 1. The van der Waals surface area contributed by atoms with Crippen LogP contribution in [-0.4, -0.2) is 22.5 Å². The van der Waals surface area contributed by atoms with Gasteiger partial charge in [-0.25, -0.2) is 9.78 Å². The van der Waals surface area contributed by atoms with Gasteiger partial charge >= 0.3 is 6.03 Å². The third-order valence-electron chi connectivity index (χ3n) is 4.78. The van der Waals surface area contributed by atoms with Gasteiger partial charge in [0.1, 0.15) is 11.4 Å². The standard InChI is InChI=1S/C24H21ClN4O3S/c1-15-7-10-22-26-17(12-23(30)29(22)13-15)14-33-21-6-4-3-5-18(21)27-24(31)28-19-11-16(25)8-9-20(19)32-2/h3-13H,14H2,1-2H3,(H2,27,28,31). The maximum absolute atomic E-state index is 12.6. The number of ether oxygens (including phenoxy) is 1. The minimum Gasteiger partial charge on any atom is -0.495 e. The van der Waals surface area contributed by atoms with Crippen molar-refractivity contribution in [2.24, 2.45) is 0 Å². The Morgan fingerprint density at radius 2 is 1.88 bits per heavy atom. The van der Waals surface area contributed by atoms with Crippen molar-refractivity contribution in [3.63, 3.8) is 0 Å². The first-order valence-corrected chi connectivity index (χ1v) is 11.4. The molecule has 0 spiro atoms. The molecule has 0 aliphatic heterocycles. The molecule has 0 saturated heterocycles. The van der Waals surface area contributed by atoms with Gasteiger partial charge < -0.3 is 15.4 Å². The van der Waals surface area contributed by atoms with Crippen LogP contribution in [0.3, 0.4) is 0 Å². The summed E-state index contributed by atoms with van der Waals surface area (Å²) in [6.45, 7) is 1.93.